The molecular formula is C16H17N3OS. The Bertz CT molecular complexity index is 879. The van der Waals surface area contributed by atoms with Gasteiger partial charge >= 0.3 is 0 Å². The summed E-state index contributed by atoms with van der Waals surface area (Å²) in [5, 5.41) is 2.57. The Kier molecular flexibility index (Phi) is 3.29. The number of aryl methyl sites for hydroxylation is 2. The molecule has 0 aliphatic carbocycles. The fourth-order valence-corrected chi connectivity index (χ4v) is 3.72. The highest BCUT2D eigenvalue weighted by molar-refractivity contribution is 7.11. The maximum absolute atomic E-state index is 12.7. The fourth-order valence-electron chi connectivity index (χ4n) is 2.74. The number of nitrogen functional groups attached to an aromatic ring is 1. The van der Waals surface area contributed by atoms with E-state index in [1.54, 1.807) is 15.9 Å². The highest BCUT2D eigenvalue weighted by Crippen LogP contribution is 2.29. The van der Waals surface area contributed by atoms with Gasteiger partial charge in [0.25, 0.3) is 5.56 Å². The largest absolute Gasteiger partial charge is 0.385 e. The van der Waals surface area contributed by atoms with Gasteiger partial charge in [0.2, 0.25) is 0 Å². The molecule has 0 saturated carbocycles. The Balaban J connectivity index is 2.25. The molecule has 2 aromatic heterocycles. The van der Waals surface area contributed by atoms with Gasteiger partial charge in [0, 0.05) is 5.39 Å². The monoisotopic (exact) mass is 299 g/mol. The van der Waals surface area contributed by atoms with Crippen LogP contribution in [0.1, 0.15) is 28.5 Å². The molecule has 5 heteroatoms. The smallest absolute Gasteiger partial charge is 0.260 e. The van der Waals surface area contributed by atoms with E-state index in [9.17, 15) is 4.79 Å². The van der Waals surface area contributed by atoms with Crippen LogP contribution in [-0.2, 0) is 0 Å². The van der Waals surface area contributed by atoms with Gasteiger partial charge < -0.3 is 5.73 Å². The SMILES string of the molecule is Cc1nc(C)c(C(C)n2c(N)cc3ccccc3c2=O)s1. The summed E-state index contributed by atoms with van der Waals surface area (Å²) in [5.74, 6) is 0.483. The van der Waals surface area contributed by atoms with E-state index in [1.807, 2.05) is 51.1 Å². The van der Waals surface area contributed by atoms with Crippen molar-refractivity contribution in [1.82, 2.24) is 9.55 Å². The lowest BCUT2D eigenvalue weighted by atomic mass is 10.1. The quantitative estimate of drug-likeness (QED) is 0.790. The lowest BCUT2D eigenvalue weighted by Gasteiger charge is -2.18. The van der Waals surface area contributed by atoms with Crippen LogP contribution in [0.25, 0.3) is 10.8 Å². The first-order valence-corrected chi connectivity index (χ1v) is 7.64. The predicted molar refractivity (Wildman–Crippen MR) is 88.0 cm³/mol. The van der Waals surface area contributed by atoms with Gasteiger partial charge in [-0.25, -0.2) is 4.98 Å². The highest BCUT2D eigenvalue weighted by atomic mass is 32.1. The highest BCUT2D eigenvalue weighted by Gasteiger charge is 2.19. The van der Waals surface area contributed by atoms with Crippen molar-refractivity contribution in [3.63, 3.8) is 0 Å². The number of fused-ring (bicyclic) bond motifs is 1. The van der Waals surface area contributed by atoms with Crippen LogP contribution in [0.3, 0.4) is 0 Å². The summed E-state index contributed by atoms with van der Waals surface area (Å²) in [6.07, 6.45) is 0. The summed E-state index contributed by atoms with van der Waals surface area (Å²) in [4.78, 5) is 18.3. The topological polar surface area (TPSA) is 60.9 Å². The number of rotatable bonds is 2. The number of thiazole rings is 1. The molecule has 3 aromatic rings. The first-order valence-electron chi connectivity index (χ1n) is 6.82. The third-order valence-electron chi connectivity index (χ3n) is 3.70. The fraction of sp³-hybridized carbons (Fsp3) is 0.250. The zero-order chi connectivity index (χ0) is 15.1. The standard InChI is InChI=1S/C16H17N3OS/c1-9-15(21-11(3)18-9)10(2)19-14(17)8-12-6-4-5-7-13(12)16(19)20/h4-8,10H,17H2,1-3H3. The van der Waals surface area contributed by atoms with Gasteiger partial charge in [-0.3, -0.25) is 9.36 Å². The van der Waals surface area contributed by atoms with Crippen molar-refractivity contribution >= 4 is 27.9 Å². The minimum absolute atomic E-state index is 0.0523. The molecule has 1 aromatic carbocycles. The van der Waals surface area contributed by atoms with Crippen LogP contribution >= 0.6 is 11.3 Å². The molecule has 4 nitrogen and oxygen atoms in total. The molecular weight excluding hydrogens is 282 g/mol. The number of nitrogens with zero attached hydrogens (tertiary/aromatic N) is 2. The lowest BCUT2D eigenvalue weighted by molar-refractivity contribution is 0.635. The second kappa shape index (κ2) is 5.00. The number of aromatic nitrogens is 2. The van der Waals surface area contributed by atoms with Gasteiger partial charge in [0.05, 0.1) is 21.6 Å². The molecule has 0 saturated heterocycles. The number of hydrogen-bond donors (Lipinski definition) is 1. The van der Waals surface area contributed by atoms with E-state index in [2.05, 4.69) is 4.98 Å². The summed E-state index contributed by atoms with van der Waals surface area (Å²) in [5.41, 5.74) is 7.04. The Labute approximate surface area is 126 Å². The first kappa shape index (κ1) is 13.8. The molecule has 2 heterocycles. The van der Waals surface area contributed by atoms with E-state index in [0.717, 1.165) is 21.0 Å². The van der Waals surface area contributed by atoms with Crippen LogP contribution in [0.4, 0.5) is 5.82 Å². The third kappa shape index (κ3) is 2.23. The van der Waals surface area contributed by atoms with Gasteiger partial charge in [0.15, 0.2) is 0 Å². The van der Waals surface area contributed by atoms with Crippen molar-refractivity contribution in [2.24, 2.45) is 0 Å². The molecule has 0 amide bonds. The number of anilines is 1. The minimum Gasteiger partial charge on any atom is -0.385 e. The average Bonchev–Trinajstić information content (AvgIpc) is 2.77. The summed E-state index contributed by atoms with van der Waals surface area (Å²) >= 11 is 1.61. The average molecular weight is 299 g/mol. The van der Waals surface area contributed by atoms with Crippen molar-refractivity contribution in [3.8, 4) is 0 Å². The van der Waals surface area contributed by atoms with Crippen LogP contribution in [0, 0.1) is 13.8 Å². The van der Waals surface area contributed by atoms with Crippen LogP contribution in [0.2, 0.25) is 0 Å². The van der Waals surface area contributed by atoms with Crippen LogP contribution in [-0.4, -0.2) is 9.55 Å². The van der Waals surface area contributed by atoms with E-state index in [0.29, 0.717) is 11.2 Å². The van der Waals surface area contributed by atoms with E-state index >= 15 is 0 Å². The number of pyridine rings is 1. The summed E-state index contributed by atoms with van der Waals surface area (Å²) in [6, 6.07) is 9.27. The Hall–Kier alpha value is -2.14. The summed E-state index contributed by atoms with van der Waals surface area (Å²) < 4.78 is 1.66. The normalized spacial score (nSPS) is 12.7. The first-order chi connectivity index (χ1) is 9.99. The van der Waals surface area contributed by atoms with Crippen molar-refractivity contribution in [1.29, 1.82) is 0 Å². The molecule has 21 heavy (non-hydrogen) atoms. The molecule has 3 rings (SSSR count). The molecule has 2 N–H and O–H groups in total. The maximum atomic E-state index is 12.7. The molecule has 108 valence electrons. The van der Waals surface area contributed by atoms with Crippen LogP contribution in [0.15, 0.2) is 35.1 Å². The molecule has 0 spiro atoms. The Morgan fingerprint density at radius 1 is 1.29 bits per heavy atom. The van der Waals surface area contributed by atoms with Crippen molar-refractivity contribution in [3.05, 3.63) is 56.3 Å². The molecule has 0 aliphatic heterocycles. The van der Waals surface area contributed by atoms with Crippen molar-refractivity contribution in [2.75, 3.05) is 5.73 Å². The minimum atomic E-state index is -0.117. The number of hydrogen-bond acceptors (Lipinski definition) is 4. The maximum Gasteiger partial charge on any atom is 0.260 e. The van der Waals surface area contributed by atoms with Gasteiger partial charge in [-0.2, -0.15) is 0 Å². The summed E-state index contributed by atoms with van der Waals surface area (Å²) in [6.45, 7) is 5.94. The Morgan fingerprint density at radius 3 is 2.67 bits per heavy atom. The molecule has 0 radical (unpaired) electrons. The van der Waals surface area contributed by atoms with Crippen LogP contribution in [0.5, 0.6) is 0 Å². The van der Waals surface area contributed by atoms with Gasteiger partial charge in [-0.1, -0.05) is 18.2 Å². The zero-order valence-corrected chi connectivity index (χ0v) is 13.1. The predicted octanol–water partition coefficient (Wildman–Crippen LogP) is 3.27. The van der Waals surface area contributed by atoms with Crippen molar-refractivity contribution in [2.45, 2.75) is 26.8 Å². The third-order valence-corrected chi connectivity index (χ3v) is 4.94. The van der Waals surface area contributed by atoms with Gasteiger partial charge in [-0.15, -0.1) is 11.3 Å². The second-order valence-electron chi connectivity index (χ2n) is 5.19. The van der Waals surface area contributed by atoms with Crippen LogP contribution < -0.4 is 11.3 Å². The molecule has 1 unspecified atom stereocenters. The van der Waals surface area contributed by atoms with Crippen molar-refractivity contribution < 1.29 is 0 Å². The second-order valence-corrected chi connectivity index (χ2v) is 6.42. The molecule has 0 bridgehead atoms. The molecule has 0 aliphatic rings. The summed E-state index contributed by atoms with van der Waals surface area (Å²) in [7, 11) is 0. The number of nitrogens with two attached hydrogens (primary N) is 1. The molecule has 0 fully saturated rings. The van der Waals surface area contributed by atoms with Gasteiger partial charge in [0.1, 0.15) is 5.82 Å². The van der Waals surface area contributed by atoms with E-state index in [-0.39, 0.29) is 11.6 Å². The Morgan fingerprint density at radius 2 is 2.00 bits per heavy atom. The lowest BCUT2D eigenvalue weighted by Crippen LogP contribution is -2.26. The number of benzene rings is 1. The molecule has 1 atom stereocenters. The van der Waals surface area contributed by atoms with E-state index in [1.165, 1.54) is 0 Å². The van der Waals surface area contributed by atoms with E-state index in [4.69, 9.17) is 5.73 Å². The van der Waals surface area contributed by atoms with E-state index < -0.39 is 0 Å². The zero-order valence-electron chi connectivity index (χ0n) is 12.3. The van der Waals surface area contributed by atoms with Gasteiger partial charge in [-0.05, 0) is 38.3 Å².